The number of hydrogen-bond donors (Lipinski definition) is 2. The lowest BCUT2D eigenvalue weighted by molar-refractivity contribution is -0.120. The number of carbonyl (C=O) groups is 1. The standard InChI is InChI=1S/C10H18N2O/c1-2-3-6-11-8-10(13)12-7-9-4-5-9/h2,9,11H,1,3-8H2,(H,12,13). The van der Waals surface area contributed by atoms with Gasteiger partial charge >= 0.3 is 0 Å². The molecule has 0 spiro atoms. The van der Waals surface area contributed by atoms with Crippen LogP contribution in [0, 0.1) is 5.92 Å². The summed E-state index contributed by atoms with van der Waals surface area (Å²) in [5, 5.41) is 5.94. The van der Waals surface area contributed by atoms with Crippen molar-refractivity contribution in [3.63, 3.8) is 0 Å². The highest BCUT2D eigenvalue weighted by Gasteiger charge is 2.21. The third-order valence-electron chi connectivity index (χ3n) is 2.10. The van der Waals surface area contributed by atoms with E-state index in [1.54, 1.807) is 0 Å². The highest BCUT2D eigenvalue weighted by molar-refractivity contribution is 5.77. The van der Waals surface area contributed by atoms with Crippen molar-refractivity contribution in [1.29, 1.82) is 0 Å². The average molecular weight is 182 g/mol. The smallest absolute Gasteiger partial charge is 0.233 e. The van der Waals surface area contributed by atoms with Gasteiger partial charge in [0.2, 0.25) is 5.91 Å². The molecule has 1 amide bonds. The lowest BCUT2D eigenvalue weighted by Gasteiger charge is -2.04. The summed E-state index contributed by atoms with van der Waals surface area (Å²) in [6, 6.07) is 0. The normalized spacial score (nSPS) is 15.4. The third kappa shape index (κ3) is 5.42. The van der Waals surface area contributed by atoms with Crippen LogP contribution in [0.25, 0.3) is 0 Å². The van der Waals surface area contributed by atoms with Crippen molar-refractivity contribution in [2.75, 3.05) is 19.6 Å². The summed E-state index contributed by atoms with van der Waals surface area (Å²) in [5.41, 5.74) is 0. The molecular weight excluding hydrogens is 164 g/mol. The summed E-state index contributed by atoms with van der Waals surface area (Å²) in [6.45, 7) is 5.73. The highest BCUT2D eigenvalue weighted by atomic mass is 16.1. The topological polar surface area (TPSA) is 41.1 Å². The Morgan fingerprint density at radius 1 is 1.54 bits per heavy atom. The molecule has 0 unspecified atom stereocenters. The molecule has 13 heavy (non-hydrogen) atoms. The van der Waals surface area contributed by atoms with Gasteiger partial charge in [0.25, 0.3) is 0 Å². The minimum absolute atomic E-state index is 0.107. The molecule has 3 heteroatoms. The molecule has 0 heterocycles. The maximum atomic E-state index is 11.1. The maximum absolute atomic E-state index is 11.1. The average Bonchev–Trinajstić information content (AvgIpc) is 2.92. The summed E-state index contributed by atoms with van der Waals surface area (Å²) < 4.78 is 0. The Bertz CT molecular complexity index is 176. The second-order valence-electron chi connectivity index (χ2n) is 3.50. The van der Waals surface area contributed by atoms with Gasteiger partial charge in [0.15, 0.2) is 0 Å². The molecule has 0 atom stereocenters. The van der Waals surface area contributed by atoms with Crippen LogP contribution in [0.3, 0.4) is 0 Å². The van der Waals surface area contributed by atoms with Gasteiger partial charge < -0.3 is 10.6 Å². The van der Waals surface area contributed by atoms with E-state index >= 15 is 0 Å². The second-order valence-corrected chi connectivity index (χ2v) is 3.50. The molecule has 1 rings (SSSR count). The number of amides is 1. The van der Waals surface area contributed by atoms with Crippen molar-refractivity contribution in [2.45, 2.75) is 19.3 Å². The van der Waals surface area contributed by atoms with E-state index in [-0.39, 0.29) is 5.91 Å². The van der Waals surface area contributed by atoms with Crippen molar-refractivity contribution in [1.82, 2.24) is 10.6 Å². The van der Waals surface area contributed by atoms with Gasteiger partial charge in [0.05, 0.1) is 6.54 Å². The summed E-state index contributed by atoms with van der Waals surface area (Å²) in [6.07, 6.45) is 5.32. The van der Waals surface area contributed by atoms with E-state index in [1.807, 2.05) is 6.08 Å². The van der Waals surface area contributed by atoms with Gasteiger partial charge in [-0.05, 0) is 31.7 Å². The molecule has 74 valence electrons. The second kappa shape index (κ2) is 5.75. The molecule has 0 aliphatic heterocycles. The Morgan fingerprint density at radius 3 is 2.92 bits per heavy atom. The molecule has 1 aliphatic rings. The van der Waals surface area contributed by atoms with Crippen LogP contribution in [0.4, 0.5) is 0 Å². The van der Waals surface area contributed by atoms with Gasteiger partial charge in [0, 0.05) is 6.54 Å². The minimum atomic E-state index is 0.107. The van der Waals surface area contributed by atoms with Crippen LogP contribution in [-0.4, -0.2) is 25.5 Å². The van der Waals surface area contributed by atoms with E-state index in [1.165, 1.54) is 12.8 Å². The van der Waals surface area contributed by atoms with Crippen molar-refractivity contribution in [3.8, 4) is 0 Å². The first-order valence-corrected chi connectivity index (χ1v) is 4.91. The van der Waals surface area contributed by atoms with Crippen LogP contribution < -0.4 is 10.6 Å². The SMILES string of the molecule is C=CCCNCC(=O)NCC1CC1. The minimum Gasteiger partial charge on any atom is -0.355 e. The maximum Gasteiger partial charge on any atom is 0.233 e. The molecule has 0 aromatic carbocycles. The van der Waals surface area contributed by atoms with Gasteiger partial charge in [0.1, 0.15) is 0 Å². The molecule has 0 aromatic heterocycles. The van der Waals surface area contributed by atoms with Crippen molar-refractivity contribution in [2.24, 2.45) is 5.92 Å². The van der Waals surface area contributed by atoms with Crippen LogP contribution in [0.2, 0.25) is 0 Å². The number of rotatable bonds is 7. The Morgan fingerprint density at radius 2 is 2.31 bits per heavy atom. The quantitative estimate of drug-likeness (QED) is 0.449. The van der Waals surface area contributed by atoms with Crippen molar-refractivity contribution < 1.29 is 4.79 Å². The lowest BCUT2D eigenvalue weighted by atomic mass is 10.4. The first-order valence-electron chi connectivity index (χ1n) is 4.91. The van der Waals surface area contributed by atoms with Gasteiger partial charge in [-0.3, -0.25) is 4.79 Å². The van der Waals surface area contributed by atoms with Crippen molar-refractivity contribution >= 4 is 5.91 Å². The Kier molecular flexibility index (Phi) is 4.54. The number of nitrogens with one attached hydrogen (secondary N) is 2. The summed E-state index contributed by atoms with van der Waals surface area (Å²) in [5.74, 6) is 0.869. The third-order valence-corrected chi connectivity index (χ3v) is 2.10. The highest BCUT2D eigenvalue weighted by Crippen LogP contribution is 2.27. The van der Waals surface area contributed by atoms with Gasteiger partial charge in [-0.25, -0.2) is 0 Å². The predicted molar refractivity (Wildman–Crippen MR) is 53.4 cm³/mol. The summed E-state index contributed by atoms with van der Waals surface area (Å²) in [7, 11) is 0. The Balaban J connectivity index is 1.87. The monoisotopic (exact) mass is 182 g/mol. The van der Waals surface area contributed by atoms with E-state index in [0.717, 1.165) is 25.4 Å². The molecule has 1 aliphatic carbocycles. The molecule has 0 radical (unpaired) electrons. The number of carbonyl (C=O) groups excluding carboxylic acids is 1. The van der Waals surface area contributed by atoms with E-state index in [9.17, 15) is 4.79 Å². The van der Waals surface area contributed by atoms with Crippen LogP contribution in [-0.2, 0) is 4.79 Å². The lowest BCUT2D eigenvalue weighted by Crippen LogP contribution is -2.35. The van der Waals surface area contributed by atoms with Gasteiger partial charge in [-0.1, -0.05) is 6.08 Å². The van der Waals surface area contributed by atoms with E-state index in [0.29, 0.717) is 6.54 Å². The largest absolute Gasteiger partial charge is 0.355 e. The van der Waals surface area contributed by atoms with Crippen molar-refractivity contribution in [3.05, 3.63) is 12.7 Å². The molecule has 2 N–H and O–H groups in total. The Hall–Kier alpha value is -0.830. The zero-order valence-corrected chi connectivity index (χ0v) is 8.01. The fourth-order valence-corrected chi connectivity index (χ4v) is 1.05. The van der Waals surface area contributed by atoms with Crippen LogP contribution in [0.1, 0.15) is 19.3 Å². The number of hydrogen-bond acceptors (Lipinski definition) is 2. The van der Waals surface area contributed by atoms with Crippen LogP contribution in [0.5, 0.6) is 0 Å². The molecule has 0 bridgehead atoms. The zero-order valence-electron chi connectivity index (χ0n) is 8.01. The van der Waals surface area contributed by atoms with E-state index in [4.69, 9.17) is 0 Å². The fraction of sp³-hybridized carbons (Fsp3) is 0.700. The summed E-state index contributed by atoms with van der Waals surface area (Å²) in [4.78, 5) is 11.1. The van der Waals surface area contributed by atoms with Crippen LogP contribution >= 0.6 is 0 Å². The van der Waals surface area contributed by atoms with E-state index < -0.39 is 0 Å². The molecule has 3 nitrogen and oxygen atoms in total. The molecule has 0 saturated heterocycles. The molecule has 1 saturated carbocycles. The summed E-state index contributed by atoms with van der Waals surface area (Å²) >= 11 is 0. The van der Waals surface area contributed by atoms with Gasteiger partial charge in [-0.2, -0.15) is 0 Å². The fourth-order valence-electron chi connectivity index (χ4n) is 1.05. The van der Waals surface area contributed by atoms with Crippen LogP contribution in [0.15, 0.2) is 12.7 Å². The molecule has 1 fully saturated rings. The van der Waals surface area contributed by atoms with Gasteiger partial charge in [-0.15, -0.1) is 6.58 Å². The first-order chi connectivity index (χ1) is 6.33. The first kappa shape index (κ1) is 10.3. The Labute approximate surface area is 79.6 Å². The predicted octanol–water partition coefficient (Wildman–Crippen LogP) is 0.678. The zero-order chi connectivity index (χ0) is 9.52. The van der Waals surface area contributed by atoms with E-state index in [2.05, 4.69) is 17.2 Å². The molecular formula is C10H18N2O. The molecule has 0 aromatic rings.